The zero-order chi connectivity index (χ0) is 18.4. The lowest BCUT2D eigenvalue weighted by atomic mass is 10.2. The number of hydrogen-bond donors (Lipinski definition) is 1. The van der Waals surface area contributed by atoms with E-state index in [9.17, 15) is 4.79 Å². The van der Waals surface area contributed by atoms with Crippen LogP contribution in [0.2, 0.25) is 5.02 Å². The van der Waals surface area contributed by atoms with E-state index < -0.39 is 0 Å². The Labute approximate surface area is 152 Å². The smallest absolute Gasteiger partial charge is 0.255 e. The van der Waals surface area contributed by atoms with Crippen molar-refractivity contribution in [1.29, 1.82) is 0 Å². The van der Waals surface area contributed by atoms with E-state index in [-0.39, 0.29) is 5.91 Å². The quantitative estimate of drug-likeness (QED) is 0.734. The van der Waals surface area contributed by atoms with E-state index in [1.165, 1.54) is 14.2 Å². The third kappa shape index (κ3) is 4.90. The molecule has 132 valence electrons. The average molecular weight is 362 g/mol. The van der Waals surface area contributed by atoms with E-state index in [0.717, 1.165) is 5.57 Å². The highest BCUT2D eigenvalue weighted by atomic mass is 35.5. The molecule has 0 atom stereocenters. The van der Waals surface area contributed by atoms with Gasteiger partial charge in [-0.2, -0.15) is 0 Å². The lowest BCUT2D eigenvalue weighted by Gasteiger charge is -2.13. The molecule has 0 radical (unpaired) electrons. The number of benzene rings is 2. The Bertz CT molecular complexity index is 789. The van der Waals surface area contributed by atoms with Crippen LogP contribution in [0.1, 0.15) is 17.3 Å². The van der Waals surface area contributed by atoms with Gasteiger partial charge in [0, 0.05) is 17.7 Å². The van der Waals surface area contributed by atoms with Crippen LogP contribution in [0.4, 0.5) is 5.69 Å². The van der Waals surface area contributed by atoms with Gasteiger partial charge < -0.3 is 19.5 Å². The molecule has 0 unspecified atom stereocenters. The van der Waals surface area contributed by atoms with Crippen molar-refractivity contribution in [2.24, 2.45) is 0 Å². The van der Waals surface area contributed by atoms with Gasteiger partial charge in [-0.3, -0.25) is 4.79 Å². The van der Waals surface area contributed by atoms with E-state index in [0.29, 0.717) is 40.1 Å². The number of methoxy groups -OCH3 is 2. The van der Waals surface area contributed by atoms with E-state index in [1.54, 1.807) is 36.4 Å². The van der Waals surface area contributed by atoms with E-state index in [1.807, 2.05) is 6.92 Å². The number of amides is 1. The molecule has 5 nitrogen and oxygen atoms in total. The predicted octanol–water partition coefficient (Wildman–Crippen LogP) is 4.56. The standard InChI is InChI=1S/C19H20ClNO4/c1-12(2)11-25-14-7-5-6-13(8-14)19(22)21-16-10-17(23-3)15(20)9-18(16)24-4/h5-10H,1,11H2,2-4H3,(H,21,22). The Morgan fingerprint density at radius 1 is 1.16 bits per heavy atom. The second kappa shape index (κ2) is 8.44. The SMILES string of the molecule is C=C(C)COc1cccc(C(=O)Nc2cc(OC)c(Cl)cc2OC)c1. The summed E-state index contributed by atoms with van der Waals surface area (Å²) in [5, 5.41) is 3.19. The number of rotatable bonds is 7. The second-order valence-corrected chi connectivity index (χ2v) is 5.82. The van der Waals surface area contributed by atoms with Gasteiger partial charge in [0.05, 0.1) is 24.9 Å². The maximum Gasteiger partial charge on any atom is 0.255 e. The maximum absolute atomic E-state index is 12.5. The van der Waals surface area contributed by atoms with Gasteiger partial charge in [0.1, 0.15) is 23.9 Å². The number of anilines is 1. The first-order valence-corrected chi connectivity index (χ1v) is 7.92. The molecule has 0 saturated heterocycles. The zero-order valence-corrected chi connectivity index (χ0v) is 15.1. The van der Waals surface area contributed by atoms with Crippen molar-refractivity contribution >= 4 is 23.2 Å². The van der Waals surface area contributed by atoms with Gasteiger partial charge in [-0.25, -0.2) is 0 Å². The van der Waals surface area contributed by atoms with Crippen LogP contribution in [-0.2, 0) is 0 Å². The minimum absolute atomic E-state index is 0.302. The monoisotopic (exact) mass is 361 g/mol. The zero-order valence-electron chi connectivity index (χ0n) is 14.4. The molecule has 0 aromatic heterocycles. The maximum atomic E-state index is 12.5. The molecule has 1 amide bonds. The van der Waals surface area contributed by atoms with Crippen molar-refractivity contribution in [1.82, 2.24) is 0 Å². The highest BCUT2D eigenvalue weighted by molar-refractivity contribution is 6.32. The Morgan fingerprint density at radius 2 is 1.88 bits per heavy atom. The van der Waals surface area contributed by atoms with E-state index in [4.69, 9.17) is 25.8 Å². The van der Waals surface area contributed by atoms with Crippen LogP contribution in [0.3, 0.4) is 0 Å². The first kappa shape index (κ1) is 18.7. The fourth-order valence-electron chi connectivity index (χ4n) is 2.09. The third-order valence-corrected chi connectivity index (χ3v) is 3.60. The molecule has 2 aromatic rings. The highest BCUT2D eigenvalue weighted by Crippen LogP contribution is 2.36. The Balaban J connectivity index is 2.22. The van der Waals surface area contributed by atoms with Crippen LogP contribution in [0.25, 0.3) is 0 Å². The molecule has 25 heavy (non-hydrogen) atoms. The minimum atomic E-state index is -0.302. The molecule has 0 aliphatic rings. The van der Waals surface area contributed by atoms with Gasteiger partial charge in [-0.1, -0.05) is 24.2 Å². The molecule has 0 aliphatic heterocycles. The van der Waals surface area contributed by atoms with Gasteiger partial charge in [0.15, 0.2) is 0 Å². The van der Waals surface area contributed by atoms with Crippen LogP contribution in [0, 0.1) is 0 Å². The number of carbonyl (C=O) groups excluding carboxylic acids is 1. The molecule has 0 bridgehead atoms. The summed E-state index contributed by atoms with van der Waals surface area (Å²) in [6.07, 6.45) is 0. The molecule has 2 rings (SSSR count). The molecular weight excluding hydrogens is 342 g/mol. The van der Waals surface area contributed by atoms with Crippen molar-refractivity contribution < 1.29 is 19.0 Å². The van der Waals surface area contributed by atoms with E-state index >= 15 is 0 Å². The lowest BCUT2D eigenvalue weighted by Crippen LogP contribution is -2.13. The topological polar surface area (TPSA) is 56.8 Å². The summed E-state index contributed by atoms with van der Waals surface area (Å²) in [5.41, 5.74) is 1.81. The Hall–Kier alpha value is -2.66. The van der Waals surface area contributed by atoms with Crippen LogP contribution < -0.4 is 19.5 Å². The summed E-state index contributed by atoms with van der Waals surface area (Å²) < 4.78 is 16.0. The average Bonchev–Trinajstić information content (AvgIpc) is 2.61. The summed E-state index contributed by atoms with van der Waals surface area (Å²) >= 11 is 6.07. The molecule has 6 heteroatoms. The summed E-state index contributed by atoms with van der Waals surface area (Å²) in [6.45, 7) is 6.05. The normalized spacial score (nSPS) is 10.1. The van der Waals surface area contributed by atoms with Gasteiger partial charge in [-0.05, 0) is 30.7 Å². The molecule has 2 aromatic carbocycles. The summed E-state index contributed by atoms with van der Waals surface area (Å²) in [5.74, 6) is 1.17. The van der Waals surface area contributed by atoms with Gasteiger partial charge in [0.25, 0.3) is 5.91 Å². The molecule has 0 spiro atoms. The van der Waals surface area contributed by atoms with Gasteiger partial charge >= 0.3 is 0 Å². The van der Waals surface area contributed by atoms with Crippen LogP contribution >= 0.6 is 11.6 Å². The van der Waals surface area contributed by atoms with Crippen molar-refractivity contribution in [3.05, 3.63) is 59.1 Å². The Kier molecular flexibility index (Phi) is 6.31. The van der Waals surface area contributed by atoms with Crippen molar-refractivity contribution in [2.75, 3.05) is 26.1 Å². The molecule has 0 saturated carbocycles. The number of carbonyl (C=O) groups is 1. The third-order valence-electron chi connectivity index (χ3n) is 3.30. The van der Waals surface area contributed by atoms with E-state index in [2.05, 4.69) is 11.9 Å². The Morgan fingerprint density at radius 3 is 2.52 bits per heavy atom. The van der Waals surface area contributed by atoms with Crippen LogP contribution in [-0.4, -0.2) is 26.7 Å². The first-order chi connectivity index (χ1) is 11.9. The molecule has 1 N–H and O–H groups in total. The minimum Gasteiger partial charge on any atom is -0.495 e. The second-order valence-electron chi connectivity index (χ2n) is 5.41. The lowest BCUT2D eigenvalue weighted by molar-refractivity contribution is 0.102. The summed E-state index contributed by atoms with van der Waals surface area (Å²) in [7, 11) is 3.00. The molecule has 0 heterocycles. The first-order valence-electron chi connectivity index (χ1n) is 7.54. The largest absolute Gasteiger partial charge is 0.495 e. The number of hydrogen-bond acceptors (Lipinski definition) is 4. The number of ether oxygens (including phenoxy) is 3. The van der Waals surface area contributed by atoms with Gasteiger partial charge in [-0.15, -0.1) is 0 Å². The fraction of sp³-hybridized carbons (Fsp3) is 0.211. The summed E-state index contributed by atoms with van der Waals surface area (Å²) in [4.78, 5) is 12.5. The van der Waals surface area contributed by atoms with Crippen molar-refractivity contribution in [3.8, 4) is 17.2 Å². The fourth-order valence-corrected chi connectivity index (χ4v) is 2.32. The molecule has 0 fully saturated rings. The predicted molar refractivity (Wildman–Crippen MR) is 99.3 cm³/mol. The molecular formula is C19H20ClNO4. The number of halogens is 1. The summed E-state index contributed by atoms with van der Waals surface area (Å²) in [6, 6.07) is 10.1. The van der Waals surface area contributed by atoms with Gasteiger partial charge in [0.2, 0.25) is 0 Å². The highest BCUT2D eigenvalue weighted by Gasteiger charge is 2.14. The van der Waals surface area contributed by atoms with Crippen molar-refractivity contribution in [2.45, 2.75) is 6.92 Å². The van der Waals surface area contributed by atoms with Crippen molar-refractivity contribution in [3.63, 3.8) is 0 Å². The number of nitrogens with one attached hydrogen (secondary N) is 1. The van der Waals surface area contributed by atoms with Crippen LogP contribution in [0.15, 0.2) is 48.6 Å². The molecule has 0 aliphatic carbocycles. The van der Waals surface area contributed by atoms with Crippen LogP contribution in [0.5, 0.6) is 17.2 Å².